The van der Waals surface area contributed by atoms with Gasteiger partial charge in [0.25, 0.3) is 0 Å². The molecule has 5 nitrogen and oxygen atoms in total. The molecule has 0 saturated heterocycles. The van der Waals surface area contributed by atoms with Crippen LogP contribution in [0.1, 0.15) is 10.5 Å². The van der Waals surface area contributed by atoms with Crippen LogP contribution in [0, 0.1) is 0 Å². The summed E-state index contributed by atoms with van der Waals surface area (Å²) in [5, 5.41) is 0.691. The average molecular weight is 303 g/mol. The summed E-state index contributed by atoms with van der Waals surface area (Å²) in [6, 6.07) is 7.95. The number of rotatable bonds is 3. The molecule has 0 bridgehead atoms. The van der Waals surface area contributed by atoms with Crippen LogP contribution in [-0.2, 0) is 4.74 Å². The minimum absolute atomic E-state index is 0.196. The summed E-state index contributed by atoms with van der Waals surface area (Å²) in [6.45, 7) is 0. The topological polar surface area (TPSA) is 65.0 Å². The molecule has 3 aromatic rings. The highest BCUT2D eigenvalue weighted by atomic mass is 32.2. The van der Waals surface area contributed by atoms with Crippen LogP contribution in [0.2, 0.25) is 0 Å². The number of nitrogens with zero attached hydrogens (tertiary/aromatic N) is 3. The number of thiazole rings is 1. The molecule has 2 heterocycles. The predicted molar refractivity (Wildman–Crippen MR) is 77.1 cm³/mol. The van der Waals surface area contributed by atoms with Crippen molar-refractivity contribution >= 4 is 39.3 Å². The second kappa shape index (κ2) is 5.56. The third-order valence-corrected chi connectivity index (χ3v) is 4.51. The largest absolute Gasteiger partial charge is 0.464 e. The summed E-state index contributed by atoms with van der Waals surface area (Å²) in [7, 11) is 1.31. The zero-order valence-electron chi connectivity index (χ0n) is 10.4. The molecule has 3 rings (SSSR count). The van der Waals surface area contributed by atoms with Gasteiger partial charge < -0.3 is 4.74 Å². The normalized spacial score (nSPS) is 10.7. The molecule has 0 unspecified atom stereocenters. The number of hydrogen-bond donors (Lipinski definition) is 0. The SMILES string of the molecule is COC(=O)c1cnc(Sc2nc3ccccc3s2)cn1. The van der Waals surface area contributed by atoms with E-state index in [2.05, 4.69) is 19.7 Å². The Hall–Kier alpha value is -1.99. The highest BCUT2D eigenvalue weighted by molar-refractivity contribution is 8.01. The lowest BCUT2D eigenvalue weighted by atomic mass is 10.3. The molecule has 0 radical (unpaired) electrons. The fraction of sp³-hybridized carbons (Fsp3) is 0.0769. The molecule has 0 spiro atoms. The molecule has 0 fully saturated rings. The first-order chi connectivity index (χ1) is 9.76. The molecule has 0 N–H and O–H groups in total. The van der Waals surface area contributed by atoms with Gasteiger partial charge in [-0.15, -0.1) is 11.3 Å². The Morgan fingerprint density at radius 2 is 2.10 bits per heavy atom. The third kappa shape index (κ3) is 2.63. The predicted octanol–water partition coefficient (Wildman–Crippen LogP) is 3.02. The maximum atomic E-state index is 11.3. The fourth-order valence-electron chi connectivity index (χ4n) is 1.56. The Labute approximate surface area is 123 Å². The fourth-order valence-corrected chi connectivity index (χ4v) is 3.49. The average Bonchev–Trinajstić information content (AvgIpc) is 2.89. The van der Waals surface area contributed by atoms with Gasteiger partial charge in [-0.2, -0.15) is 0 Å². The van der Waals surface area contributed by atoms with Crippen LogP contribution in [0.3, 0.4) is 0 Å². The van der Waals surface area contributed by atoms with Crippen LogP contribution < -0.4 is 0 Å². The molecule has 7 heteroatoms. The summed E-state index contributed by atoms with van der Waals surface area (Å²) in [5.41, 5.74) is 1.17. The van der Waals surface area contributed by atoms with Gasteiger partial charge in [0.05, 0.1) is 29.7 Å². The number of para-hydroxylation sites is 1. The van der Waals surface area contributed by atoms with E-state index in [1.807, 2.05) is 24.3 Å². The van der Waals surface area contributed by atoms with Crippen molar-refractivity contribution in [1.82, 2.24) is 15.0 Å². The lowest BCUT2D eigenvalue weighted by Crippen LogP contribution is -2.04. The second-order valence-electron chi connectivity index (χ2n) is 3.78. The number of fused-ring (bicyclic) bond motifs is 1. The van der Waals surface area contributed by atoms with Crippen LogP contribution in [0.5, 0.6) is 0 Å². The number of methoxy groups -OCH3 is 1. The molecule has 0 amide bonds. The van der Waals surface area contributed by atoms with Crippen molar-refractivity contribution in [3.63, 3.8) is 0 Å². The van der Waals surface area contributed by atoms with E-state index in [0.717, 1.165) is 14.6 Å². The Bertz CT molecular complexity index is 723. The molecule has 0 aliphatic heterocycles. The number of esters is 1. The lowest BCUT2D eigenvalue weighted by Gasteiger charge is -1.99. The number of ether oxygens (including phenoxy) is 1. The smallest absolute Gasteiger partial charge is 0.358 e. The van der Waals surface area contributed by atoms with Crippen LogP contribution in [0.4, 0.5) is 0 Å². The standard InChI is InChI=1S/C13H9N3O2S2/c1-18-12(17)9-6-15-11(7-14-9)20-13-16-8-4-2-3-5-10(8)19-13/h2-7H,1H3. The molecule has 100 valence electrons. The molecule has 0 atom stereocenters. The van der Waals surface area contributed by atoms with Crippen molar-refractivity contribution in [2.45, 2.75) is 9.37 Å². The number of carbonyl (C=O) groups is 1. The first-order valence-corrected chi connectivity index (χ1v) is 7.33. The van der Waals surface area contributed by atoms with Crippen molar-refractivity contribution in [3.8, 4) is 0 Å². The van der Waals surface area contributed by atoms with E-state index in [9.17, 15) is 4.79 Å². The van der Waals surface area contributed by atoms with Crippen molar-refractivity contribution in [2.24, 2.45) is 0 Å². The monoisotopic (exact) mass is 303 g/mol. The third-order valence-electron chi connectivity index (χ3n) is 2.49. The molecule has 1 aromatic carbocycles. The molecule has 20 heavy (non-hydrogen) atoms. The van der Waals surface area contributed by atoms with Gasteiger partial charge in [0, 0.05) is 0 Å². The summed E-state index contributed by atoms with van der Waals surface area (Å²) in [5.74, 6) is -0.492. The van der Waals surface area contributed by atoms with Gasteiger partial charge in [0.1, 0.15) is 5.03 Å². The van der Waals surface area contributed by atoms with Crippen molar-refractivity contribution in [2.75, 3.05) is 7.11 Å². The quantitative estimate of drug-likeness (QED) is 0.693. The van der Waals surface area contributed by atoms with Crippen LogP contribution in [0.25, 0.3) is 10.2 Å². The number of aromatic nitrogens is 3. The van der Waals surface area contributed by atoms with Crippen LogP contribution in [-0.4, -0.2) is 28.0 Å². The van der Waals surface area contributed by atoms with Gasteiger partial charge in [-0.25, -0.2) is 19.7 Å². The van der Waals surface area contributed by atoms with Crippen molar-refractivity contribution < 1.29 is 9.53 Å². The highest BCUT2D eigenvalue weighted by Gasteiger charge is 2.10. The van der Waals surface area contributed by atoms with Crippen molar-refractivity contribution in [1.29, 1.82) is 0 Å². The minimum atomic E-state index is -0.492. The number of benzene rings is 1. The van der Waals surface area contributed by atoms with E-state index in [0.29, 0.717) is 5.03 Å². The Balaban J connectivity index is 1.82. The van der Waals surface area contributed by atoms with E-state index in [1.165, 1.54) is 25.1 Å². The maximum absolute atomic E-state index is 11.3. The molecule has 0 aliphatic carbocycles. The highest BCUT2D eigenvalue weighted by Crippen LogP contribution is 2.32. The van der Waals surface area contributed by atoms with Gasteiger partial charge >= 0.3 is 5.97 Å². The van der Waals surface area contributed by atoms with Gasteiger partial charge in [-0.1, -0.05) is 12.1 Å². The van der Waals surface area contributed by atoms with Gasteiger partial charge in [0.2, 0.25) is 0 Å². The molecular formula is C13H9N3O2S2. The van der Waals surface area contributed by atoms with E-state index < -0.39 is 5.97 Å². The van der Waals surface area contributed by atoms with E-state index in [4.69, 9.17) is 0 Å². The van der Waals surface area contributed by atoms with Gasteiger partial charge in [-0.3, -0.25) is 0 Å². The first-order valence-electron chi connectivity index (χ1n) is 5.70. The Kier molecular flexibility index (Phi) is 3.62. The second-order valence-corrected chi connectivity index (χ2v) is 6.08. The molecule has 0 saturated carbocycles. The van der Waals surface area contributed by atoms with Crippen LogP contribution in [0.15, 0.2) is 46.0 Å². The van der Waals surface area contributed by atoms with E-state index >= 15 is 0 Å². The minimum Gasteiger partial charge on any atom is -0.464 e. The summed E-state index contributed by atoms with van der Waals surface area (Å²) in [4.78, 5) is 24.0. The lowest BCUT2D eigenvalue weighted by molar-refractivity contribution is 0.0593. The zero-order chi connectivity index (χ0) is 13.9. The summed E-state index contributed by atoms with van der Waals surface area (Å²) >= 11 is 3.02. The molecular weight excluding hydrogens is 294 g/mol. The van der Waals surface area contributed by atoms with Crippen molar-refractivity contribution in [3.05, 3.63) is 42.4 Å². The number of hydrogen-bond acceptors (Lipinski definition) is 7. The van der Waals surface area contributed by atoms with E-state index in [1.54, 1.807) is 17.5 Å². The molecule has 2 aromatic heterocycles. The zero-order valence-corrected chi connectivity index (χ0v) is 12.1. The van der Waals surface area contributed by atoms with Gasteiger partial charge in [-0.05, 0) is 23.9 Å². The van der Waals surface area contributed by atoms with Gasteiger partial charge in [0.15, 0.2) is 10.0 Å². The summed E-state index contributed by atoms with van der Waals surface area (Å²) < 4.78 is 6.60. The molecule has 0 aliphatic rings. The summed E-state index contributed by atoms with van der Waals surface area (Å²) in [6.07, 6.45) is 2.95. The van der Waals surface area contributed by atoms with E-state index in [-0.39, 0.29) is 5.69 Å². The first kappa shape index (κ1) is 13.0. The Morgan fingerprint density at radius 3 is 2.80 bits per heavy atom. The van der Waals surface area contributed by atoms with Crippen LogP contribution >= 0.6 is 23.1 Å². The maximum Gasteiger partial charge on any atom is 0.358 e. The number of carbonyl (C=O) groups excluding carboxylic acids is 1. The Morgan fingerprint density at radius 1 is 1.25 bits per heavy atom.